The molecule has 0 fully saturated rings. The fourth-order valence-corrected chi connectivity index (χ4v) is 4.71. The molecule has 0 spiro atoms. The molecule has 2 heterocycles. The minimum atomic E-state index is -5.84. The lowest BCUT2D eigenvalue weighted by molar-refractivity contribution is -0.0510. The number of rotatable bonds is 7. The third-order valence-corrected chi connectivity index (χ3v) is 7.62. The molecule has 0 aliphatic carbocycles. The van der Waals surface area contributed by atoms with Gasteiger partial charge in [-0.3, -0.25) is 14.1 Å². The number of halogens is 6. The van der Waals surface area contributed by atoms with Crippen molar-refractivity contribution in [3.8, 4) is 11.1 Å². The Morgan fingerprint density at radius 2 is 1.66 bits per heavy atom. The van der Waals surface area contributed by atoms with E-state index in [0.29, 0.717) is 28.0 Å². The number of ketones is 1. The minimum absolute atomic E-state index is 0.000297. The summed E-state index contributed by atoms with van der Waals surface area (Å²) in [7, 11) is -9.68. The highest BCUT2D eigenvalue weighted by molar-refractivity contribution is 7.92. The molecule has 3 N–H and O–H groups in total. The number of benzene rings is 2. The van der Waals surface area contributed by atoms with Gasteiger partial charge in [0, 0.05) is 33.9 Å². The number of carbonyl (C=O) groups excluding carboxylic acids is 1. The molecule has 4 rings (SSSR count). The van der Waals surface area contributed by atoms with Crippen LogP contribution in [0.3, 0.4) is 0 Å². The van der Waals surface area contributed by atoms with E-state index in [1.54, 1.807) is 43.5 Å². The van der Waals surface area contributed by atoms with Gasteiger partial charge in [-0.15, -0.1) is 0 Å². The van der Waals surface area contributed by atoms with Gasteiger partial charge in [0.2, 0.25) is 15.8 Å². The molecule has 0 radical (unpaired) electrons. The van der Waals surface area contributed by atoms with Crippen LogP contribution in [0.5, 0.6) is 0 Å². The van der Waals surface area contributed by atoms with Crippen LogP contribution < -0.4 is 4.72 Å². The van der Waals surface area contributed by atoms with Crippen molar-refractivity contribution in [3.05, 3.63) is 82.6 Å². The first kappa shape index (κ1) is 31.9. The number of nitrogens with zero attached hydrogens (tertiary/aromatic N) is 1. The first-order valence-corrected chi connectivity index (χ1v) is 14.7. The number of fused-ring (bicyclic) bond motifs is 1. The lowest BCUT2D eigenvalue weighted by atomic mass is 10.00. The predicted octanol–water partition coefficient (Wildman–Crippen LogP) is 5.94. The SMILES string of the molecule is CCCS(=O)(=O)Nc1ccc(F)c(C(=O)c2c[nH]c3ncc(-c4ccc(Cl)cc4)cc23)c1F.O=S(=O)(O)C(F)(F)F. The Morgan fingerprint density at radius 3 is 2.22 bits per heavy atom. The average Bonchev–Trinajstić information content (AvgIpc) is 3.29. The van der Waals surface area contributed by atoms with Crippen molar-refractivity contribution in [1.82, 2.24) is 9.97 Å². The van der Waals surface area contributed by atoms with Gasteiger partial charge in [-0.1, -0.05) is 30.7 Å². The Morgan fingerprint density at radius 1 is 1.05 bits per heavy atom. The van der Waals surface area contributed by atoms with Crippen LogP contribution in [-0.4, -0.2) is 48.4 Å². The summed E-state index contributed by atoms with van der Waals surface area (Å²) in [6.45, 7) is 1.65. The smallest absolute Gasteiger partial charge is 0.345 e. The van der Waals surface area contributed by atoms with E-state index in [1.165, 1.54) is 6.20 Å². The molecular weight excluding hydrogens is 621 g/mol. The van der Waals surface area contributed by atoms with E-state index < -0.39 is 54.3 Å². The maximum absolute atomic E-state index is 15.1. The normalized spacial score (nSPS) is 12.1. The molecule has 17 heteroatoms. The lowest BCUT2D eigenvalue weighted by Crippen LogP contribution is -2.21. The van der Waals surface area contributed by atoms with E-state index >= 15 is 4.39 Å². The molecule has 41 heavy (non-hydrogen) atoms. The summed E-state index contributed by atoms with van der Waals surface area (Å²) in [4.78, 5) is 20.3. The summed E-state index contributed by atoms with van der Waals surface area (Å²) in [5.41, 5.74) is -5.06. The van der Waals surface area contributed by atoms with E-state index in [1.807, 2.05) is 0 Å². The molecule has 0 saturated heterocycles. The Balaban J connectivity index is 0.000000507. The number of nitrogens with one attached hydrogen (secondary N) is 2. The van der Waals surface area contributed by atoms with Crippen LogP contribution >= 0.6 is 11.6 Å². The Hall–Kier alpha value is -3.60. The van der Waals surface area contributed by atoms with E-state index in [4.69, 9.17) is 24.6 Å². The summed E-state index contributed by atoms with van der Waals surface area (Å²) < 4.78 is 113. The van der Waals surface area contributed by atoms with Crippen LogP contribution in [0, 0.1) is 11.6 Å². The summed E-state index contributed by atoms with van der Waals surface area (Å²) in [5.74, 6) is -3.57. The van der Waals surface area contributed by atoms with Gasteiger partial charge in [0.15, 0.2) is 5.82 Å². The Kier molecular flexibility index (Phi) is 9.42. The predicted molar refractivity (Wildman–Crippen MR) is 142 cm³/mol. The molecule has 0 aliphatic heterocycles. The van der Waals surface area contributed by atoms with Crippen molar-refractivity contribution in [3.63, 3.8) is 0 Å². The first-order valence-electron chi connectivity index (χ1n) is 11.2. The van der Waals surface area contributed by atoms with Crippen molar-refractivity contribution in [2.45, 2.75) is 18.9 Å². The van der Waals surface area contributed by atoms with Gasteiger partial charge >= 0.3 is 15.6 Å². The fraction of sp³-hybridized carbons (Fsp3) is 0.167. The molecule has 220 valence electrons. The zero-order valence-corrected chi connectivity index (χ0v) is 23.0. The number of carbonyl (C=O) groups is 1. The largest absolute Gasteiger partial charge is 0.522 e. The second-order valence-electron chi connectivity index (χ2n) is 8.28. The molecule has 0 amide bonds. The molecule has 0 bridgehead atoms. The molecule has 2 aromatic carbocycles. The molecule has 2 aromatic heterocycles. The molecule has 4 aromatic rings. The van der Waals surface area contributed by atoms with Crippen molar-refractivity contribution in [2.24, 2.45) is 0 Å². The van der Waals surface area contributed by atoms with Gasteiger partial charge in [-0.05, 0) is 42.3 Å². The standard InChI is InChI=1S/C23H18ClF2N3O3S.CHF3O3S/c1-2-9-33(31,32)29-19-8-7-18(25)20(21(19)26)22(30)17-12-28-23-16(17)10-14(11-27-23)13-3-5-15(24)6-4-13;2-1(3,4)8(5,6)7/h3-8,10-12,29H,2,9H2,1H3,(H,27,28);(H,5,6,7). The fourth-order valence-electron chi connectivity index (χ4n) is 3.45. The highest BCUT2D eigenvalue weighted by Gasteiger charge is 2.44. The van der Waals surface area contributed by atoms with Crippen LogP contribution in [0.2, 0.25) is 5.02 Å². The second kappa shape index (κ2) is 12.1. The van der Waals surface area contributed by atoms with Gasteiger partial charge in [0.1, 0.15) is 11.5 Å². The Bertz CT molecular complexity index is 1810. The summed E-state index contributed by atoms with van der Waals surface area (Å²) in [5, 5.41) is 0.925. The number of aromatic nitrogens is 2. The number of H-pyrrole nitrogens is 1. The topological polar surface area (TPSA) is 146 Å². The highest BCUT2D eigenvalue weighted by Crippen LogP contribution is 2.30. The van der Waals surface area contributed by atoms with Crippen LogP contribution in [0.15, 0.2) is 54.9 Å². The van der Waals surface area contributed by atoms with Crippen LogP contribution in [0.4, 0.5) is 27.6 Å². The first-order chi connectivity index (χ1) is 18.9. The number of hydrogen-bond donors (Lipinski definition) is 3. The lowest BCUT2D eigenvalue weighted by Gasteiger charge is -2.11. The quantitative estimate of drug-likeness (QED) is 0.0982. The van der Waals surface area contributed by atoms with Crippen molar-refractivity contribution >= 4 is 54.2 Å². The number of anilines is 1. The van der Waals surface area contributed by atoms with E-state index in [2.05, 4.69) is 14.7 Å². The number of alkyl halides is 3. The minimum Gasteiger partial charge on any atom is -0.345 e. The van der Waals surface area contributed by atoms with Crippen molar-refractivity contribution in [1.29, 1.82) is 0 Å². The van der Waals surface area contributed by atoms with Gasteiger partial charge < -0.3 is 4.98 Å². The summed E-state index contributed by atoms with van der Waals surface area (Å²) in [6.07, 6.45) is 3.22. The second-order valence-corrected chi connectivity index (χ2v) is 12.0. The zero-order valence-electron chi connectivity index (χ0n) is 20.6. The van der Waals surface area contributed by atoms with Crippen molar-refractivity contribution < 1.29 is 48.1 Å². The van der Waals surface area contributed by atoms with E-state index in [-0.39, 0.29) is 11.3 Å². The number of pyridine rings is 1. The summed E-state index contributed by atoms with van der Waals surface area (Å²) in [6, 6.07) is 10.5. The molecular formula is C24H19ClF5N3O6S2. The maximum atomic E-state index is 15.1. The van der Waals surface area contributed by atoms with Crippen molar-refractivity contribution in [2.75, 3.05) is 10.5 Å². The third kappa shape index (κ3) is 7.58. The summed E-state index contributed by atoms with van der Waals surface area (Å²) >= 11 is 5.93. The Labute approximate surface area is 235 Å². The molecule has 0 aliphatic rings. The highest BCUT2D eigenvalue weighted by atomic mass is 35.5. The molecule has 9 nitrogen and oxygen atoms in total. The van der Waals surface area contributed by atoms with Crippen LogP contribution in [-0.2, 0) is 20.1 Å². The maximum Gasteiger partial charge on any atom is 0.522 e. The molecule has 0 saturated carbocycles. The zero-order chi connectivity index (χ0) is 30.8. The average molecular weight is 640 g/mol. The molecule has 0 atom stereocenters. The van der Waals surface area contributed by atoms with E-state index in [0.717, 1.165) is 17.7 Å². The van der Waals surface area contributed by atoms with Crippen LogP contribution in [0.1, 0.15) is 29.3 Å². The number of hydrogen-bond acceptors (Lipinski definition) is 6. The van der Waals surface area contributed by atoms with Crippen LogP contribution in [0.25, 0.3) is 22.2 Å². The van der Waals surface area contributed by atoms with Gasteiger partial charge in [-0.2, -0.15) is 21.6 Å². The molecule has 0 unspecified atom stereocenters. The number of sulfonamides is 1. The van der Waals surface area contributed by atoms with E-state index in [9.17, 15) is 30.8 Å². The van der Waals surface area contributed by atoms with Gasteiger partial charge in [0.05, 0.1) is 17.0 Å². The third-order valence-electron chi connectivity index (χ3n) is 5.30. The van der Waals surface area contributed by atoms with Gasteiger partial charge in [-0.25, -0.2) is 22.2 Å². The van der Waals surface area contributed by atoms with Gasteiger partial charge in [0.25, 0.3) is 0 Å². The number of aromatic amines is 1. The monoisotopic (exact) mass is 639 g/mol.